The summed E-state index contributed by atoms with van der Waals surface area (Å²) >= 11 is 5.56. The molecule has 1 unspecified atom stereocenters. The third kappa shape index (κ3) is 9.77. The van der Waals surface area contributed by atoms with E-state index >= 15 is 0 Å². The Kier molecular flexibility index (Phi) is 10.2. The van der Waals surface area contributed by atoms with Crippen molar-refractivity contribution in [3.63, 3.8) is 0 Å². The van der Waals surface area contributed by atoms with Crippen LogP contribution < -0.4 is 20.1 Å². The molecule has 0 fully saturated rings. The Morgan fingerprint density at radius 1 is 1.11 bits per heavy atom. The summed E-state index contributed by atoms with van der Waals surface area (Å²) in [6.07, 6.45) is -4.26. The van der Waals surface area contributed by atoms with Gasteiger partial charge in [0.15, 0.2) is 13.2 Å². The summed E-state index contributed by atoms with van der Waals surface area (Å²) in [4.78, 5) is 27.0. The number of carbonyl (C=O) groups excluding carboxylic acids is 2. The van der Waals surface area contributed by atoms with Gasteiger partial charge in [0.2, 0.25) is 0 Å². The number of rotatable bonds is 12. The van der Waals surface area contributed by atoms with Gasteiger partial charge in [0, 0.05) is 25.1 Å². The van der Waals surface area contributed by atoms with Crippen molar-refractivity contribution in [3.05, 3.63) is 65.7 Å². The third-order valence-corrected chi connectivity index (χ3v) is 4.63. The highest BCUT2D eigenvalue weighted by atomic mass is 35.5. The van der Waals surface area contributed by atoms with Gasteiger partial charge in [0.1, 0.15) is 29.2 Å². The van der Waals surface area contributed by atoms with Crippen molar-refractivity contribution < 1.29 is 41.0 Å². The summed E-state index contributed by atoms with van der Waals surface area (Å²) in [5, 5.41) is 4.65. The monoisotopic (exact) mass is 521 g/mol. The van der Waals surface area contributed by atoms with Crippen LogP contribution in [0.3, 0.4) is 0 Å². The van der Waals surface area contributed by atoms with E-state index in [2.05, 4.69) is 22.2 Å². The molecule has 0 aliphatic rings. The van der Waals surface area contributed by atoms with Crippen LogP contribution in [0.1, 0.15) is 12.1 Å². The van der Waals surface area contributed by atoms with Gasteiger partial charge in [-0.05, 0) is 24.3 Å². The van der Waals surface area contributed by atoms with E-state index < -0.39 is 61.5 Å². The first-order chi connectivity index (χ1) is 16.5. The van der Waals surface area contributed by atoms with Crippen molar-refractivity contribution in [3.8, 4) is 11.5 Å². The fourth-order valence-corrected chi connectivity index (χ4v) is 2.71. The Hall–Kier alpha value is -3.41. The maximum Gasteiger partial charge on any atom is 0.433 e. The molecule has 13 heteroatoms. The number of amides is 2. The van der Waals surface area contributed by atoms with Gasteiger partial charge >= 0.3 is 6.18 Å². The van der Waals surface area contributed by atoms with Crippen LogP contribution in [0.2, 0.25) is 5.02 Å². The minimum atomic E-state index is -4.60. The zero-order valence-electron chi connectivity index (χ0n) is 18.1. The summed E-state index contributed by atoms with van der Waals surface area (Å²) in [5.41, 5.74) is -1.11. The highest BCUT2D eigenvalue weighted by Gasteiger charge is 2.32. The average Bonchev–Trinajstić information content (AvgIpc) is 2.81. The molecule has 1 aromatic heterocycles. The predicted octanol–water partition coefficient (Wildman–Crippen LogP) is 3.87. The number of hydrogen-bond donors (Lipinski definition) is 2. The first-order valence-electron chi connectivity index (χ1n) is 10.0. The number of hydrogen-bond acceptors (Lipinski definition) is 5. The van der Waals surface area contributed by atoms with Crippen LogP contribution in [-0.4, -0.2) is 48.8 Å². The highest BCUT2D eigenvalue weighted by molar-refractivity contribution is 6.30. The fourth-order valence-electron chi connectivity index (χ4n) is 2.59. The van der Waals surface area contributed by atoms with Gasteiger partial charge in [-0.25, -0.2) is 13.8 Å². The lowest BCUT2D eigenvalue weighted by Gasteiger charge is -2.18. The van der Waals surface area contributed by atoms with Gasteiger partial charge in [-0.1, -0.05) is 17.7 Å². The second-order valence-electron chi connectivity index (χ2n) is 7.08. The molecule has 0 saturated heterocycles. The van der Waals surface area contributed by atoms with E-state index in [9.17, 15) is 31.5 Å². The summed E-state index contributed by atoms with van der Waals surface area (Å²) in [7, 11) is 0. The van der Waals surface area contributed by atoms with Crippen LogP contribution in [0.5, 0.6) is 11.5 Å². The Morgan fingerprint density at radius 3 is 2.37 bits per heavy atom. The Balaban J connectivity index is 1.69. The number of nitrogens with one attached hydrogen (secondary N) is 2. The van der Waals surface area contributed by atoms with E-state index in [1.807, 2.05) is 0 Å². The van der Waals surface area contributed by atoms with Crippen LogP contribution in [0, 0.1) is 5.82 Å². The Bertz CT molecular complexity index is 1020. The number of ether oxygens (including phenoxy) is 2. The van der Waals surface area contributed by atoms with Gasteiger partial charge in [0.05, 0.1) is 11.2 Å². The molecule has 0 saturated carbocycles. The summed E-state index contributed by atoms with van der Waals surface area (Å²) in [5.74, 6) is -2.02. The largest absolute Gasteiger partial charge is 0.484 e. The molecular weight excluding hydrogens is 501 g/mol. The van der Waals surface area contributed by atoms with Crippen LogP contribution >= 0.6 is 11.6 Å². The van der Waals surface area contributed by atoms with Crippen molar-refractivity contribution in [2.75, 3.05) is 19.8 Å². The molecule has 0 spiro atoms. The van der Waals surface area contributed by atoms with Crippen LogP contribution in [0.25, 0.3) is 0 Å². The first-order valence-corrected chi connectivity index (χ1v) is 10.4. The SMILES string of the molecule is C=CC(C[C@@H](F)CNC(=O)COc1ccc(C(F)(F)F)nc1)NC(=O)COc1ccc(Cl)c(F)c1. The molecule has 2 amide bonds. The molecule has 2 aromatic rings. The van der Waals surface area contributed by atoms with E-state index in [1.54, 1.807) is 0 Å². The van der Waals surface area contributed by atoms with Crippen molar-refractivity contribution >= 4 is 23.4 Å². The summed E-state index contributed by atoms with van der Waals surface area (Å²) in [6.45, 7) is 2.08. The lowest BCUT2D eigenvalue weighted by atomic mass is 10.1. The number of benzene rings is 1. The standard InChI is InChI=1S/C22H21ClF5N3O4/c1-2-14(31-21(33)12-34-15-3-5-17(23)18(25)8-15)7-13(24)9-30-20(32)11-35-16-4-6-19(29-10-16)22(26,27)28/h2-6,8,10,13-14H,1,7,9,11-12H2,(H,30,32)(H,31,33)/t13-,14?/m1/s1. The molecule has 1 heterocycles. The van der Waals surface area contributed by atoms with Crippen LogP contribution in [0.15, 0.2) is 49.2 Å². The van der Waals surface area contributed by atoms with E-state index in [1.165, 1.54) is 18.2 Å². The summed E-state index contributed by atoms with van der Waals surface area (Å²) < 4.78 is 75.2. The van der Waals surface area contributed by atoms with Crippen molar-refractivity contribution in [2.24, 2.45) is 0 Å². The number of carbonyl (C=O) groups is 2. The topological polar surface area (TPSA) is 89.5 Å². The molecule has 2 rings (SSSR count). The second kappa shape index (κ2) is 12.9. The molecule has 1 aromatic carbocycles. The molecule has 2 N–H and O–H groups in total. The van der Waals surface area contributed by atoms with E-state index in [0.717, 1.165) is 18.3 Å². The van der Waals surface area contributed by atoms with Gasteiger partial charge in [-0.15, -0.1) is 6.58 Å². The highest BCUT2D eigenvalue weighted by Crippen LogP contribution is 2.28. The zero-order valence-corrected chi connectivity index (χ0v) is 18.8. The molecular formula is C22H21ClF5N3O4. The van der Waals surface area contributed by atoms with Crippen molar-refractivity contribution in [1.29, 1.82) is 0 Å². The van der Waals surface area contributed by atoms with E-state index in [4.69, 9.17) is 21.1 Å². The predicted molar refractivity (Wildman–Crippen MR) is 116 cm³/mol. The zero-order chi connectivity index (χ0) is 26.0. The van der Waals surface area contributed by atoms with Gasteiger partial charge in [0.25, 0.3) is 11.8 Å². The molecule has 0 radical (unpaired) electrons. The first kappa shape index (κ1) is 27.8. The van der Waals surface area contributed by atoms with Crippen LogP contribution in [-0.2, 0) is 15.8 Å². The molecule has 190 valence electrons. The molecule has 0 bridgehead atoms. The van der Waals surface area contributed by atoms with Crippen molar-refractivity contribution in [2.45, 2.75) is 24.8 Å². The van der Waals surface area contributed by atoms with Crippen LogP contribution in [0.4, 0.5) is 22.0 Å². The summed E-state index contributed by atoms with van der Waals surface area (Å²) in [6, 6.07) is 4.58. The number of nitrogens with zero attached hydrogens (tertiary/aromatic N) is 1. The maximum absolute atomic E-state index is 14.2. The number of pyridine rings is 1. The smallest absolute Gasteiger partial charge is 0.433 e. The molecule has 35 heavy (non-hydrogen) atoms. The van der Waals surface area contributed by atoms with E-state index in [0.29, 0.717) is 6.07 Å². The Morgan fingerprint density at radius 2 is 1.77 bits per heavy atom. The average molecular weight is 522 g/mol. The quantitative estimate of drug-likeness (QED) is 0.327. The van der Waals surface area contributed by atoms with Gasteiger partial charge in [-0.3, -0.25) is 9.59 Å². The molecule has 0 aliphatic carbocycles. The minimum Gasteiger partial charge on any atom is -0.484 e. The van der Waals surface area contributed by atoms with E-state index in [-0.39, 0.29) is 22.9 Å². The third-order valence-electron chi connectivity index (χ3n) is 4.32. The second-order valence-corrected chi connectivity index (χ2v) is 7.48. The van der Waals surface area contributed by atoms with Gasteiger partial charge < -0.3 is 20.1 Å². The maximum atomic E-state index is 14.2. The molecule has 0 aliphatic heterocycles. The number of alkyl halides is 4. The lowest BCUT2D eigenvalue weighted by Crippen LogP contribution is -2.40. The fraction of sp³-hybridized carbons (Fsp3) is 0.318. The molecule has 7 nitrogen and oxygen atoms in total. The molecule has 2 atom stereocenters. The number of aromatic nitrogens is 1. The van der Waals surface area contributed by atoms with Gasteiger partial charge in [-0.2, -0.15) is 13.2 Å². The van der Waals surface area contributed by atoms with Crippen molar-refractivity contribution in [1.82, 2.24) is 15.6 Å². The number of halogens is 6. The lowest BCUT2D eigenvalue weighted by molar-refractivity contribution is -0.141. The Labute approximate surface area is 202 Å². The normalized spacial score (nSPS) is 12.9. The minimum absolute atomic E-state index is 0.0667.